The topological polar surface area (TPSA) is 48.5 Å². The zero-order valence-corrected chi connectivity index (χ0v) is 31.4. The Hall–Kier alpha value is -7.41. The Morgan fingerprint density at radius 3 is 1.44 bits per heavy atom. The fourth-order valence-corrected chi connectivity index (χ4v) is 11.7. The van der Waals surface area contributed by atoms with Crippen molar-refractivity contribution in [2.45, 2.75) is 13.8 Å². The van der Waals surface area contributed by atoms with Crippen LogP contribution in [-0.4, -0.2) is 32.2 Å². The molecule has 0 amide bonds. The third-order valence-electron chi connectivity index (χ3n) is 9.99. The molecule has 6 heteroatoms. The van der Waals surface area contributed by atoms with Gasteiger partial charge in [-0.3, -0.25) is 9.13 Å². The third kappa shape index (κ3) is 5.56. The van der Waals surface area contributed by atoms with Crippen LogP contribution < -0.4 is 20.7 Å². The molecule has 8 aromatic carbocycles. The standard InChI is InChI=1S/C53H39N5Si/c1-36-30-32-40(33-31-36)59(39-18-4-3-5-19-39,41-20-14-16-37(2)34-41)42-21-15-17-38(35-42)51-54-52(57-47-26-10-6-22-43(47)44-23-7-11-27-48(44)57)56-53(55-51)58-49-28-12-8-24-45(49)46-25-9-13-29-50(46)58/h3-35H,1-2H3/i2D3,6D,7D,8D,9D,10D,11D,12D,13D,14D,15D,16D,17D,20D,21D,22D,23D,24D,25D,26D,27D,28D,29D,34D,35D. The normalized spacial score (nSPS) is 19.4. The predicted molar refractivity (Wildman–Crippen MR) is 247 cm³/mol. The fourth-order valence-electron chi connectivity index (χ4n) is 7.44. The van der Waals surface area contributed by atoms with Crippen LogP contribution in [0.3, 0.4) is 0 Å². The molecule has 0 N–H and O–H groups in total. The minimum Gasteiger partial charge on any atom is -0.278 e. The van der Waals surface area contributed by atoms with Gasteiger partial charge in [-0.15, -0.1) is 0 Å². The van der Waals surface area contributed by atoms with Crippen LogP contribution in [0, 0.1) is 13.8 Å². The minimum atomic E-state index is -5.09. The molecule has 0 aliphatic rings. The molecular formula is C53H39N5Si. The Morgan fingerprint density at radius 2 is 0.915 bits per heavy atom. The Balaban J connectivity index is 1.43. The van der Waals surface area contributed by atoms with Crippen molar-refractivity contribution in [3.63, 3.8) is 0 Å². The Labute approximate surface area is 381 Å². The van der Waals surface area contributed by atoms with E-state index < -0.39 is 243 Å². The maximum absolute atomic E-state index is 10.6. The number of para-hydroxylation sites is 4. The molecule has 0 fully saturated rings. The second-order valence-electron chi connectivity index (χ2n) is 13.3. The molecule has 3 aromatic heterocycles. The zero-order valence-electron chi connectivity index (χ0n) is 57.4. The van der Waals surface area contributed by atoms with Crippen LogP contribution in [0.1, 0.15) is 48.1 Å². The fraction of sp³-hybridized carbons (Fsp3) is 0.0377. The van der Waals surface area contributed by atoms with Crippen molar-refractivity contribution in [1.82, 2.24) is 24.1 Å². The van der Waals surface area contributed by atoms with E-state index in [4.69, 9.17) is 33.3 Å². The van der Waals surface area contributed by atoms with Crippen molar-refractivity contribution >= 4 is 72.4 Å². The van der Waals surface area contributed by atoms with E-state index in [0.717, 1.165) is 9.13 Å². The lowest BCUT2D eigenvalue weighted by molar-refractivity contribution is 0.893. The number of rotatable bonds is 7. The van der Waals surface area contributed by atoms with E-state index in [0.29, 0.717) is 5.56 Å². The van der Waals surface area contributed by atoms with Crippen LogP contribution in [0.4, 0.5) is 0 Å². The number of aryl methyl sites for hydroxylation is 1. The monoisotopic (exact) mass is 800 g/mol. The van der Waals surface area contributed by atoms with Gasteiger partial charge in [0.05, 0.1) is 55.0 Å². The highest BCUT2D eigenvalue weighted by atomic mass is 28.3. The molecule has 1 unspecified atom stereocenters. The largest absolute Gasteiger partial charge is 0.278 e. The van der Waals surface area contributed by atoms with Gasteiger partial charge in [0.2, 0.25) is 11.9 Å². The predicted octanol–water partition coefficient (Wildman–Crippen LogP) is 9.73. The number of aromatic nitrogens is 5. The molecule has 0 aliphatic heterocycles. The first-order chi connectivity index (χ1) is 40.3. The molecule has 11 rings (SSSR count). The van der Waals surface area contributed by atoms with Gasteiger partial charge in [-0.05, 0) is 58.7 Å². The average molecular weight is 801 g/mol. The number of nitrogens with zero attached hydrogens (tertiary/aromatic N) is 5. The SMILES string of the molecule is [2H]c1c([2H])c(-c2nc(-n3c4c([2H])c([2H])c([2H])c([2H])c4c4c([2H])c([2H])c([2H])c([2H])c43)nc(-n3c4c([2H])c([2H])c([2H])c([2H])c4c4c([2H])c([2H])c([2H])c([2H])c43)n2)c([2H])c([Si](c2ccccc2)(c2ccc(C)cc2)c2c([2H])c([2H])c([2H])c(C([2H])([2H])[2H])c2[2H])c1[2H]. The highest BCUT2D eigenvalue weighted by molar-refractivity contribution is 7.19. The van der Waals surface area contributed by atoms with E-state index in [-0.39, 0.29) is 10.4 Å². The van der Waals surface area contributed by atoms with Crippen molar-refractivity contribution in [1.29, 1.82) is 0 Å². The molecule has 1 atom stereocenters. The van der Waals surface area contributed by atoms with Crippen molar-refractivity contribution in [2.24, 2.45) is 0 Å². The number of hydrogen-bond donors (Lipinski definition) is 0. The Bertz CT molecular complexity index is 4540. The maximum atomic E-state index is 10.6. The maximum Gasteiger partial charge on any atom is 0.240 e. The van der Waals surface area contributed by atoms with Gasteiger partial charge in [0, 0.05) is 31.2 Å². The molecule has 0 radical (unpaired) electrons. The summed E-state index contributed by atoms with van der Waals surface area (Å²) in [7, 11) is -5.09. The number of benzene rings is 8. The summed E-state index contributed by atoms with van der Waals surface area (Å²) in [5.41, 5.74) is -3.50. The molecule has 3 heterocycles. The zero-order chi connectivity index (χ0) is 62.9. The van der Waals surface area contributed by atoms with Crippen LogP contribution in [0.2, 0.25) is 0 Å². The first kappa shape index (κ1) is 16.8. The summed E-state index contributed by atoms with van der Waals surface area (Å²) in [6.07, 6.45) is 0. The Morgan fingerprint density at radius 1 is 0.441 bits per heavy atom. The average Bonchev–Trinajstić information content (AvgIpc) is 1.19. The summed E-state index contributed by atoms with van der Waals surface area (Å²) in [5.74, 6) is -2.69. The summed E-state index contributed by atoms with van der Waals surface area (Å²) < 4.78 is 249. The molecule has 0 aliphatic carbocycles. The molecule has 0 saturated carbocycles. The van der Waals surface area contributed by atoms with Crippen molar-refractivity contribution in [2.75, 3.05) is 0 Å². The summed E-state index contributed by atoms with van der Waals surface area (Å²) >= 11 is 0. The van der Waals surface area contributed by atoms with Gasteiger partial charge in [0.1, 0.15) is 0 Å². The number of hydrogen-bond acceptors (Lipinski definition) is 3. The molecule has 0 bridgehead atoms. The lowest BCUT2D eigenvalue weighted by Gasteiger charge is -2.35. The van der Waals surface area contributed by atoms with Gasteiger partial charge in [0.25, 0.3) is 0 Å². The minimum absolute atomic E-state index is 0.128. The van der Waals surface area contributed by atoms with E-state index in [2.05, 4.69) is 4.98 Å². The van der Waals surface area contributed by atoms with Crippen molar-refractivity contribution < 1.29 is 37.0 Å². The summed E-state index contributed by atoms with van der Waals surface area (Å²) in [5, 5.41) is -2.76. The van der Waals surface area contributed by atoms with Crippen LogP contribution >= 0.6 is 0 Å². The molecule has 0 spiro atoms. The molecule has 59 heavy (non-hydrogen) atoms. The van der Waals surface area contributed by atoms with Gasteiger partial charge in [-0.25, -0.2) is 0 Å². The summed E-state index contributed by atoms with van der Waals surface area (Å²) in [4.78, 5) is 14.1. The highest BCUT2D eigenvalue weighted by Crippen LogP contribution is 2.34. The van der Waals surface area contributed by atoms with Gasteiger partial charge >= 0.3 is 0 Å². The second kappa shape index (κ2) is 13.9. The molecule has 0 saturated heterocycles. The quantitative estimate of drug-likeness (QED) is 0.119. The van der Waals surface area contributed by atoms with Gasteiger partial charge in [-0.1, -0.05) is 187 Å². The first-order valence-corrected chi connectivity index (χ1v) is 19.9. The summed E-state index contributed by atoms with van der Waals surface area (Å²) in [6, 6.07) is -7.12. The van der Waals surface area contributed by atoms with Crippen LogP contribution in [0.15, 0.2) is 200 Å². The number of fused-ring (bicyclic) bond motifs is 6. The van der Waals surface area contributed by atoms with Crippen molar-refractivity contribution in [3.8, 4) is 23.3 Å². The molecule has 5 nitrogen and oxygen atoms in total. The summed E-state index contributed by atoms with van der Waals surface area (Å²) in [6.45, 7) is -1.56. The Kier molecular flexibility index (Phi) is 3.96. The van der Waals surface area contributed by atoms with E-state index >= 15 is 0 Å². The third-order valence-corrected chi connectivity index (χ3v) is 14.4. The second-order valence-corrected chi connectivity index (χ2v) is 17.0. The van der Waals surface area contributed by atoms with Gasteiger partial charge < -0.3 is 0 Å². The van der Waals surface area contributed by atoms with Crippen LogP contribution in [-0.2, 0) is 0 Å². The van der Waals surface area contributed by atoms with Crippen molar-refractivity contribution in [3.05, 3.63) is 211 Å². The lowest BCUT2D eigenvalue weighted by atomic mass is 10.2. The molecular weight excluding hydrogens is 735 g/mol. The van der Waals surface area contributed by atoms with Crippen LogP contribution in [0.5, 0.6) is 0 Å². The molecule has 11 aromatic rings. The van der Waals surface area contributed by atoms with E-state index in [1.54, 1.807) is 25.1 Å². The van der Waals surface area contributed by atoms with E-state index in [9.17, 15) is 13.7 Å². The van der Waals surface area contributed by atoms with Gasteiger partial charge in [0.15, 0.2) is 13.9 Å². The molecule has 280 valence electrons. The first-order valence-electron chi connectivity index (χ1n) is 31.4. The van der Waals surface area contributed by atoms with Gasteiger partial charge in [-0.2, -0.15) is 15.0 Å². The lowest BCUT2D eigenvalue weighted by Crippen LogP contribution is -2.74. The highest BCUT2D eigenvalue weighted by Gasteiger charge is 2.41. The van der Waals surface area contributed by atoms with E-state index in [1.165, 1.54) is 36.4 Å². The smallest absolute Gasteiger partial charge is 0.240 e. The van der Waals surface area contributed by atoms with Crippen LogP contribution in [0.25, 0.3) is 66.9 Å². The van der Waals surface area contributed by atoms with E-state index in [1.807, 2.05) is 0 Å².